The Labute approximate surface area is 155 Å². The molecule has 0 aliphatic heterocycles. The van der Waals surface area contributed by atoms with Crippen molar-refractivity contribution in [2.45, 2.75) is 46.3 Å². The normalized spacial score (nSPS) is 11.7. The van der Waals surface area contributed by atoms with Crippen LogP contribution in [-0.2, 0) is 4.79 Å². The minimum Gasteiger partial charge on any atom is -0.491 e. The van der Waals surface area contributed by atoms with Gasteiger partial charge in [0.15, 0.2) is 0 Å². The number of nitrogens with one attached hydrogen (secondary N) is 2. The topological polar surface area (TPSA) is 59.6 Å². The van der Waals surface area contributed by atoms with E-state index in [4.69, 9.17) is 9.47 Å². The molecule has 0 heterocycles. The van der Waals surface area contributed by atoms with Crippen LogP contribution in [0.25, 0.3) is 0 Å². The van der Waals surface area contributed by atoms with Gasteiger partial charge in [0, 0.05) is 23.5 Å². The standard InChI is InChI=1S/C21H28N2O3/c1-5-16(4)26-20-11-6-8-17(12-20)22-14-21(24)23-18-9-7-10-19(13-18)25-15(2)3/h6-13,15-16,22H,5,14H2,1-4H3,(H,23,24). The molecule has 2 N–H and O–H groups in total. The Bertz CT molecular complexity index is 716. The average molecular weight is 356 g/mol. The smallest absolute Gasteiger partial charge is 0.243 e. The van der Waals surface area contributed by atoms with Crippen molar-refractivity contribution < 1.29 is 14.3 Å². The molecule has 0 aliphatic carbocycles. The summed E-state index contributed by atoms with van der Waals surface area (Å²) in [5.74, 6) is 1.41. The summed E-state index contributed by atoms with van der Waals surface area (Å²) < 4.78 is 11.4. The highest BCUT2D eigenvalue weighted by atomic mass is 16.5. The van der Waals surface area contributed by atoms with Crippen LogP contribution in [0, 0.1) is 0 Å². The second-order valence-corrected chi connectivity index (χ2v) is 6.46. The van der Waals surface area contributed by atoms with Crippen molar-refractivity contribution in [3.63, 3.8) is 0 Å². The number of carbonyl (C=O) groups excluding carboxylic acids is 1. The first kappa shape index (κ1) is 19.6. The van der Waals surface area contributed by atoms with E-state index in [1.165, 1.54) is 0 Å². The molecule has 140 valence electrons. The van der Waals surface area contributed by atoms with Gasteiger partial charge in [0.2, 0.25) is 5.91 Å². The third kappa shape index (κ3) is 6.67. The molecular weight excluding hydrogens is 328 g/mol. The molecule has 1 atom stereocenters. The van der Waals surface area contributed by atoms with Crippen LogP contribution in [0.3, 0.4) is 0 Å². The molecule has 1 amide bonds. The Balaban J connectivity index is 1.88. The number of benzene rings is 2. The second kappa shape index (κ2) is 9.70. The number of rotatable bonds is 9. The number of ether oxygens (including phenoxy) is 2. The second-order valence-electron chi connectivity index (χ2n) is 6.46. The largest absolute Gasteiger partial charge is 0.491 e. The number of hydrogen-bond donors (Lipinski definition) is 2. The molecule has 26 heavy (non-hydrogen) atoms. The van der Waals surface area contributed by atoms with Crippen LogP contribution in [0.5, 0.6) is 11.5 Å². The van der Waals surface area contributed by atoms with E-state index in [0.29, 0.717) is 5.69 Å². The van der Waals surface area contributed by atoms with Gasteiger partial charge in [-0.25, -0.2) is 0 Å². The van der Waals surface area contributed by atoms with Crippen molar-refractivity contribution >= 4 is 17.3 Å². The van der Waals surface area contributed by atoms with Crippen molar-refractivity contribution in [1.29, 1.82) is 0 Å². The molecule has 5 nitrogen and oxygen atoms in total. The Morgan fingerprint density at radius 1 is 0.962 bits per heavy atom. The molecule has 0 aliphatic rings. The fraction of sp³-hybridized carbons (Fsp3) is 0.381. The predicted molar refractivity (Wildman–Crippen MR) is 106 cm³/mol. The van der Waals surface area contributed by atoms with E-state index in [1.807, 2.05) is 69.3 Å². The Morgan fingerprint density at radius 2 is 1.58 bits per heavy atom. The van der Waals surface area contributed by atoms with E-state index in [9.17, 15) is 4.79 Å². The predicted octanol–water partition coefficient (Wildman–Crippen LogP) is 4.70. The van der Waals surface area contributed by atoms with Crippen LogP contribution in [0.1, 0.15) is 34.1 Å². The minimum absolute atomic E-state index is 0.0903. The van der Waals surface area contributed by atoms with Gasteiger partial charge >= 0.3 is 0 Å². The van der Waals surface area contributed by atoms with Crippen LogP contribution in [0.2, 0.25) is 0 Å². The molecule has 0 radical (unpaired) electrons. The summed E-state index contributed by atoms with van der Waals surface area (Å²) in [6.45, 7) is 8.22. The van der Waals surface area contributed by atoms with E-state index in [2.05, 4.69) is 17.6 Å². The first-order valence-electron chi connectivity index (χ1n) is 9.03. The minimum atomic E-state index is -0.125. The third-order valence-corrected chi connectivity index (χ3v) is 3.69. The van der Waals surface area contributed by atoms with Crippen LogP contribution in [0.15, 0.2) is 48.5 Å². The highest BCUT2D eigenvalue weighted by Gasteiger charge is 2.06. The van der Waals surface area contributed by atoms with Gasteiger partial charge in [-0.05, 0) is 51.5 Å². The zero-order chi connectivity index (χ0) is 18.9. The molecule has 0 saturated heterocycles. The molecule has 1 unspecified atom stereocenters. The summed E-state index contributed by atoms with van der Waals surface area (Å²) in [5, 5.41) is 5.99. The van der Waals surface area contributed by atoms with Gasteiger partial charge in [-0.1, -0.05) is 19.1 Å². The monoisotopic (exact) mass is 356 g/mol. The van der Waals surface area contributed by atoms with Crippen molar-refractivity contribution in [2.24, 2.45) is 0 Å². The summed E-state index contributed by atoms with van der Waals surface area (Å²) >= 11 is 0. The fourth-order valence-electron chi connectivity index (χ4n) is 2.30. The van der Waals surface area contributed by atoms with Crippen molar-refractivity contribution in [1.82, 2.24) is 0 Å². The number of amides is 1. The van der Waals surface area contributed by atoms with E-state index in [-0.39, 0.29) is 24.7 Å². The van der Waals surface area contributed by atoms with Gasteiger partial charge in [-0.15, -0.1) is 0 Å². The molecule has 2 rings (SSSR count). The summed E-state index contributed by atoms with van der Waals surface area (Å²) in [5.41, 5.74) is 1.56. The van der Waals surface area contributed by atoms with E-state index in [1.54, 1.807) is 0 Å². The lowest BCUT2D eigenvalue weighted by Gasteiger charge is -2.14. The van der Waals surface area contributed by atoms with Gasteiger partial charge in [0.05, 0.1) is 18.8 Å². The van der Waals surface area contributed by atoms with Crippen LogP contribution in [-0.4, -0.2) is 24.7 Å². The Kier molecular flexibility index (Phi) is 7.33. The van der Waals surface area contributed by atoms with Gasteiger partial charge < -0.3 is 20.1 Å². The molecule has 2 aromatic carbocycles. The van der Waals surface area contributed by atoms with Gasteiger partial charge in [-0.3, -0.25) is 4.79 Å². The third-order valence-electron chi connectivity index (χ3n) is 3.69. The SMILES string of the molecule is CCC(C)Oc1cccc(NCC(=O)Nc2cccc(OC(C)C)c2)c1. The molecule has 0 bridgehead atoms. The summed E-state index contributed by atoms with van der Waals surface area (Å²) in [7, 11) is 0. The molecule has 5 heteroatoms. The summed E-state index contributed by atoms with van der Waals surface area (Å²) in [6.07, 6.45) is 1.20. The van der Waals surface area contributed by atoms with E-state index < -0.39 is 0 Å². The molecular formula is C21H28N2O3. The quantitative estimate of drug-likeness (QED) is 0.684. The highest BCUT2D eigenvalue weighted by Crippen LogP contribution is 2.20. The van der Waals surface area contributed by atoms with Crippen LogP contribution >= 0.6 is 0 Å². The Hall–Kier alpha value is -2.69. The zero-order valence-electron chi connectivity index (χ0n) is 15.9. The van der Waals surface area contributed by atoms with Gasteiger partial charge in [-0.2, -0.15) is 0 Å². The molecule has 0 saturated carbocycles. The van der Waals surface area contributed by atoms with E-state index >= 15 is 0 Å². The Morgan fingerprint density at radius 3 is 2.23 bits per heavy atom. The highest BCUT2D eigenvalue weighted by molar-refractivity contribution is 5.93. The van der Waals surface area contributed by atoms with Crippen LogP contribution < -0.4 is 20.1 Å². The number of anilines is 2. The number of hydrogen-bond acceptors (Lipinski definition) is 4. The fourth-order valence-corrected chi connectivity index (χ4v) is 2.30. The zero-order valence-corrected chi connectivity index (χ0v) is 15.9. The molecule has 0 spiro atoms. The van der Waals surface area contributed by atoms with Crippen molar-refractivity contribution in [3.8, 4) is 11.5 Å². The van der Waals surface area contributed by atoms with Gasteiger partial charge in [0.1, 0.15) is 11.5 Å². The maximum atomic E-state index is 12.2. The molecule has 0 fully saturated rings. The first-order chi connectivity index (χ1) is 12.5. The first-order valence-corrected chi connectivity index (χ1v) is 9.03. The van der Waals surface area contributed by atoms with Crippen molar-refractivity contribution in [3.05, 3.63) is 48.5 Å². The maximum absolute atomic E-state index is 12.2. The lowest BCUT2D eigenvalue weighted by Crippen LogP contribution is -2.21. The van der Waals surface area contributed by atoms with Crippen molar-refractivity contribution in [2.75, 3.05) is 17.2 Å². The molecule has 0 aromatic heterocycles. The lowest BCUT2D eigenvalue weighted by atomic mass is 10.2. The number of carbonyl (C=O) groups is 1. The molecule has 2 aromatic rings. The van der Waals surface area contributed by atoms with E-state index in [0.717, 1.165) is 23.6 Å². The maximum Gasteiger partial charge on any atom is 0.243 e. The summed E-state index contributed by atoms with van der Waals surface area (Å²) in [4.78, 5) is 12.2. The average Bonchev–Trinajstić information content (AvgIpc) is 2.60. The van der Waals surface area contributed by atoms with Crippen LogP contribution in [0.4, 0.5) is 11.4 Å². The van der Waals surface area contributed by atoms with Gasteiger partial charge in [0.25, 0.3) is 0 Å². The lowest BCUT2D eigenvalue weighted by molar-refractivity contribution is -0.114. The summed E-state index contributed by atoms with van der Waals surface area (Å²) in [6, 6.07) is 15.0.